The van der Waals surface area contributed by atoms with Gasteiger partial charge in [0.05, 0.1) is 29.5 Å². The van der Waals surface area contributed by atoms with E-state index in [4.69, 9.17) is 0 Å². The first-order chi connectivity index (χ1) is 15.8. The van der Waals surface area contributed by atoms with Crippen LogP contribution in [-0.2, 0) is 0 Å². The lowest BCUT2D eigenvalue weighted by molar-refractivity contribution is -0.274. The van der Waals surface area contributed by atoms with Gasteiger partial charge in [-0.05, 0) is 99.2 Å². The van der Waals surface area contributed by atoms with Crippen molar-refractivity contribution in [2.45, 2.75) is 130 Å². The molecule has 0 aromatic carbocycles. The minimum absolute atomic E-state index is 0.00577. The summed E-state index contributed by atoms with van der Waals surface area (Å²) in [5.74, 6) is 0.331. The second kappa shape index (κ2) is 8.27. The molecule has 5 N–H and O–H groups in total. The van der Waals surface area contributed by atoms with E-state index in [2.05, 4.69) is 34.6 Å². The minimum Gasteiger partial charge on any atom is -0.393 e. The van der Waals surface area contributed by atoms with Crippen LogP contribution < -0.4 is 0 Å². The average molecular weight is 493 g/mol. The zero-order chi connectivity index (χ0) is 26.4. The molecule has 0 heterocycles. The van der Waals surface area contributed by atoms with Crippen molar-refractivity contribution in [2.24, 2.45) is 45.3 Å². The van der Waals surface area contributed by atoms with Crippen molar-refractivity contribution in [1.82, 2.24) is 0 Å². The van der Waals surface area contributed by atoms with Crippen molar-refractivity contribution in [3.8, 4) is 0 Å². The van der Waals surface area contributed by atoms with E-state index in [-0.39, 0.29) is 45.3 Å². The first kappa shape index (κ1) is 27.6. The SMILES string of the molecule is CC(C)(O)C=CCC(C)(O)C1CCC2(C)C1C(O)CC1C3(C)C(O)CC(O)C(C)(C)C3CCC12C. The van der Waals surface area contributed by atoms with Gasteiger partial charge in [-0.3, -0.25) is 0 Å². The van der Waals surface area contributed by atoms with Gasteiger partial charge >= 0.3 is 0 Å². The molecule has 4 fully saturated rings. The molecule has 4 saturated carbocycles. The van der Waals surface area contributed by atoms with Gasteiger partial charge < -0.3 is 25.5 Å². The van der Waals surface area contributed by atoms with Crippen LogP contribution in [0.1, 0.15) is 100 Å². The van der Waals surface area contributed by atoms with E-state index in [1.807, 2.05) is 13.0 Å². The first-order valence-corrected chi connectivity index (χ1v) is 14.0. The lowest BCUT2D eigenvalue weighted by atomic mass is 9.34. The Balaban J connectivity index is 1.69. The zero-order valence-electron chi connectivity index (χ0n) is 23.4. The van der Waals surface area contributed by atoms with Gasteiger partial charge in [0, 0.05) is 11.8 Å². The largest absolute Gasteiger partial charge is 0.393 e. The summed E-state index contributed by atoms with van der Waals surface area (Å²) in [7, 11) is 0. The molecule has 5 nitrogen and oxygen atoms in total. The van der Waals surface area contributed by atoms with E-state index in [1.165, 1.54) is 0 Å². The van der Waals surface area contributed by atoms with Crippen LogP contribution in [0.4, 0.5) is 0 Å². The average Bonchev–Trinajstić information content (AvgIpc) is 3.08. The predicted octanol–water partition coefficient (Wildman–Crippen LogP) is 4.44. The molecular formula is C30H52O5. The Labute approximate surface area is 213 Å². The maximum Gasteiger partial charge on any atom is 0.0771 e. The number of aliphatic hydroxyl groups excluding tert-OH is 3. The number of hydrogen-bond acceptors (Lipinski definition) is 5. The van der Waals surface area contributed by atoms with Crippen molar-refractivity contribution in [3.63, 3.8) is 0 Å². The molecule has 202 valence electrons. The second-order valence-electron chi connectivity index (χ2n) is 15.0. The minimum atomic E-state index is -0.966. The van der Waals surface area contributed by atoms with Crippen LogP contribution in [0.5, 0.6) is 0 Å². The molecule has 4 rings (SSSR count). The highest BCUT2D eigenvalue weighted by Crippen LogP contribution is 2.75. The first-order valence-electron chi connectivity index (χ1n) is 14.0. The van der Waals surface area contributed by atoms with Crippen molar-refractivity contribution in [1.29, 1.82) is 0 Å². The summed E-state index contributed by atoms with van der Waals surface area (Å²) in [4.78, 5) is 0. The molecular weight excluding hydrogens is 440 g/mol. The molecule has 35 heavy (non-hydrogen) atoms. The van der Waals surface area contributed by atoms with Crippen LogP contribution in [0, 0.1) is 45.3 Å². The van der Waals surface area contributed by atoms with E-state index in [1.54, 1.807) is 19.9 Å². The monoisotopic (exact) mass is 492 g/mol. The predicted molar refractivity (Wildman–Crippen MR) is 138 cm³/mol. The van der Waals surface area contributed by atoms with E-state index in [0.717, 1.165) is 25.7 Å². The van der Waals surface area contributed by atoms with Crippen LogP contribution in [0.25, 0.3) is 0 Å². The molecule has 4 aliphatic carbocycles. The summed E-state index contributed by atoms with van der Waals surface area (Å²) in [5, 5.41) is 55.8. The Morgan fingerprint density at radius 3 is 2.00 bits per heavy atom. The lowest BCUT2D eigenvalue weighted by Crippen LogP contribution is -2.69. The van der Waals surface area contributed by atoms with Gasteiger partial charge in [-0.25, -0.2) is 0 Å². The van der Waals surface area contributed by atoms with Crippen LogP contribution in [-0.4, -0.2) is 55.0 Å². The third-order valence-corrected chi connectivity index (χ3v) is 12.3. The molecule has 0 saturated heterocycles. The van der Waals surface area contributed by atoms with E-state index in [0.29, 0.717) is 19.3 Å². The van der Waals surface area contributed by atoms with E-state index < -0.39 is 29.5 Å². The van der Waals surface area contributed by atoms with Gasteiger partial charge in [-0.15, -0.1) is 0 Å². The second-order valence-corrected chi connectivity index (χ2v) is 15.0. The quantitative estimate of drug-likeness (QED) is 0.374. The molecule has 0 aromatic heterocycles. The van der Waals surface area contributed by atoms with Gasteiger partial charge in [0.2, 0.25) is 0 Å². The molecule has 0 bridgehead atoms. The Morgan fingerprint density at radius 2 is 1.40 bits per heavy atom. The van der Waals surface area contributed by atoms with Crippen molar-refractivity contribution >= 4 is 0 Å². The Hall–Kier alpha value is -0.460. The molecule has 0 amide bonds. The molecule has 4 aliphatic rings. The highest BCUT2D eigenvalue weighted by atomic mass is 16.3. The molecule has 5 heteroatoms. The van der Waals surface area contributed by atoms with Crippen LogP contribution in [0.2, 0.25) is 0 Å². The summed E-state index contributed by atoms with van der Waals surface area (Å²) >= 11 is 0. The molecule has 0 aromatic rings. The lowest BCUT2D eigenvalue weighted by Gasteiger charge is -2.71. The van der Waals surface area contributed by atoms with E-state index in [9.17, 15) is 25.5 Å². The molecule has 0 radical (unpaired) electrons. The molecule has 0 spiro atoms. The fourth-order valence-corrected chi connectivity index (χ4v) is 10.1. The summed E-state index contributed by atoms with van der Waals surface area (Å²) in [5.41, 5.74) is -2.71. The topological polar surface area (TPSA) is 101 Å². The zero-order valence-corrected chi connectivity index (χ0v) is 23.4. The number of fused-ring (bicyclic) bond motifs is 5. The van der Waals surface area contributed by atoms with Crippen molar-refractivity contribution in [3.05, 3.63) is 12.2 Å². The third-order valence-electron chi connectivity index (χ3n) is 12.3. The Bertz CT molecular complexity index is 842. The van der Waals surface area contributed by atoms with Gasteiger partial charge in [-0.2, -0.15) is 0 Å². The van der Waals surface area contributed by atoms with Gasteiger partial charge in [0.15, 0.2) is 0 Å². The number of hydrogen-bond donors (Lipinski definition) is 5. The van der Waals surface area contributed by atoms with Crippen molar-refractivity contribution in [2.75, 3.05) is 0 Å². The van der Waals surface area contributed by atoms with Crippen LogP contribution >= 0.6 is 0 Å². The third kappa shape index (κ3) is 3.90. The summed E-state index contributed by atoms with van der Waals surface area (Å²) in [6.45, 7) is 16.6. The fraction of sp³-hybridized carbons (Fsp3) is 0.933. The van der Waals surface area contributed by atoms with Crippen LogP contribution in [0.3, 0.4) is 0 Å². The molecule has 11 unspecified atom stereocenters. The smallest absolute Gasteiger partial charge is 0.0771 e. The van der Waals surface area contributed by atoms with Gasteiger partial charge in [-0.1, -0.05) is 46.8 Å². The summed E-state index contributed by atoms with van der Waals surface area (Å²) in [6, 6.07) is 0. The van der Waals surface area contributed by atoms with Crippen LogP contribution in [0.15, 0.2) is 12.2 Å². The standard InChI is InChI=1S/C30H52O5/c1-25(2,34)12-9-13-29(7,35)18-10-14-28(6)24(18)19(31)16-21-27(28,5)15-11-20-26(3,4)22(32)17-23(33)30(20,21)8/h9,12,18-24,31-35H,10-11,13-17H2,1-8H3. The van der Waals surface area contributed by atoms with Gasteiger partial charge in [0.25, 0.3) is 0 Å². The number of aliphatic hydroxyl groups is 5. The van der Waals surface area contributed by atoms with E-state index >= 15 is 0 Å². The number of rotatable bonds is 4. The maximum atomic E-state index is 11.8. The fourth-order valence-electron chi connectivity index (χ4n) is 10.1. The highest BCUT2D eigenvalue weighted by Gasteiger charge is 2.72. The molecule has 11 atom stereocenters. The maximum absolute atomic E-state index is 11.8. The Kier molecular flexibility index (Phi) is 6.51. The summed E-state index contributed by atoms with van der Waals surface area (Å²) in [6.07, 6.45) is 7.30. The normalized spacial score (nSPS) is 51.4. The highest BCUT2D eigenvalue weighted by molar-refractivity contribution is 5.21. The molecule has 0 aliphatic heterocycles. The van der Waals surface area contributed by atoms with Crippen molar-refractivity contribution < 1.29 is 25.5 Å². The summed E-state index contributed by atoms with van der Waals surface area (Å²) < 4.78 is 0. The van der Waals surface area contributed by atoms with Gasteiger partial charge in [0.1, 0.15) is 0 Å². The Morgan fingerprint density at radius 1 is 0.800 bits per heavy atom.